The summed E-state index contributed by atoms with van der Waals surface area (Å²) in [4.78, 5) is 23.7. The first-order valence-corrected chi connectivity index (χ1v) is 10.4. The molecule has 0 heterocycles. The quantitative estimate of drug-likeness (QED) is 0.343. The van der Waals surface area contributed by atoms with E-state index in [-0.39, 0.29) is 21.8 Å². The molecule has 4 nitrogen and oxygen atoms in total. The van der Waals surface area contributed by atoms with E-state index in [4.69, 9.17) is 34.8 Å². The van der Waals surface area contributed by atoms with Crippen LogP contribution in [0, 0.1) is 11.7 Å². The number of halogens is 10. The van der Waals surface area contributed by atoms with Crippen molar-refractivity contribution in [2.75, 3.05) is 5.32 Å². The minimum absolute atomic E-state index is 0.000187. The van der Waals surface area contributed by atoms with E-state index in [2.05, 4.69) is 5.32 Å². The third-order valence-electron chi connectivity index (χ3n) is 5.00. The first-order chi connectivity index (χ1) is 15.5. The lowest BCUT2D eigenvalue weighted by Crippen LogP contribution is -2.36. The fourth-order valence-corrected chi connectivity index (χ4v) is 4.32. The number of hydrogen-bond donors (Lipinski definition) is 2. The average Bonchev–Trinajstić information content (AvgIpc) is 3.28. The van der Waals surface area contributed by atoms with Crippen LogP contribution in [0.2, 0.25) is 5.02 Å². The summed E-state index contributed by atoms with van der Waals surface area (Å²) in [5.74, 6) is -6.80. The van der Waals surface area contributed by atoms with Crippen LogP contribution in [0.25, 0.3) is 0 Å². The van der Waals surface area contributed by atoms with Gasteiger partial charge in [0, 0.05) is 23.2 Å². The van der Waals surface area contributed by atoms with Crippen LogP contribution in [-0.4, -0.2) is 22.3 Å². The van der Waals surface area contributed by atoms with Gasteiger partial charge in [0.15, 0.2) is 0 Å². The molecule has 3 rings (SSSR count). The van der Waals surface area contributed by atoms with Gasteiger partial charge in [-0.15, -0.1) is 23.2 Å². The molecule has 0 saturated heterocycles. The van der Waals surface area contributed by atoms with Crippen LogP contribution in [0.5, 0.6) is 0 Å². The second-order valence-corrected chi connectivity index (χ2v) is 9.19. The van der Waals surface area contributed by atoms with E-state index in [1.165, 1.54) is 18.2 Å². The zero-order valence-electron chi connectivity index (χ0n) is 16.4. The summed E-state index contributed by atoms with van der Waals surface area (Å²) in [6.45, 7) is -0.600. The van der Waals surface area contributed by atoms with Crippen LogP contribution < -0.4 is 10.6 Å². The maximum atomic E-state index is 13.6. The van der Waals surface area contributed by atoms with Crippen LogP contribution in [0.15, 0.2) is 36.4 Å². The number of hydrogen-bond acceptors (Lipinski definition) is 2. The maximum absolute atomic E-state index is 13.6. The molecule has 2 aromatic rings. The van der Waals surface area contributed by atoms with Crippen LogP contribution in [0.4, 0.5) is 36.4 Å². The van der Waals surface area contributed by atoms with Gasteiger partial charge in [-0.05, 0) is 41.5 Å². The second kappa shape index (κ2) is 9.09. The number of rotatable bonds is 5. The van der Waals surface area contributed by atoms with Crippen molar-refractivity contribution >= 4 is 52.3 Å². The van der Waals surface area contributed by atoms with E-state index >= 15 is 0 Å². The lowest BCUT2D eigenvalue weighted by Gasteiger charge is -2.12. The lowest BCUT2D eigenvalue weighted by atomic mass is 10.0. The van der Waals surface area contributed by atoms with E-state index in [0.29, 0.717) is 12.1 Å². The smallest absolute Gasteiger partial charge is 0.344 e. The van der Waals surface area contributed by atoms with Crippen molar-refractivity contribution in [3.8, 4) is 0 Å². The lowest BCUT2D eigenvalue weighted by molar-refractivity contribution is -0.173. The molecule has 0 aromatic heterocycles. The number of carbonyl (C=O) groups is 2. The number of alkyl halides is 8. The monoisotopic (exact) mass is 550 g/mol. The van der Waals surface area contributed by atoms with Gasteiger partial charge in [-0.25, -0.2) is 4.39 Å². The Kier molecular flexibility index (Phi) is 7.05. The molecule has 1 aliphatic rings. The number of amides is 2. The Morgan fingerprint density at radius 1 is 1.00 bits per heavy atom. The zero-order chi connectivity index (χ0) is 25.6. The molecule has 0 bridgehead atoms. The van der Waals surface area contributed by atoms with Crippen LogP contribution in [0.1, 0.15) is 22.6 Å². The SMILES string of the molecule is O=C(Nc1ccc(Cl)c(CNC(=O)C(F)(F)F)c1)C1C(c2ccc(F)c(C(F)(F)F)c2)C1(Cl)Cl. The normalized spacial score (nSPS) is 19.5. The highest BCUT2D eigenvalue weighted by Crippen LogP contribution is 2.65. The Morgan fingerprint density at radius 3 is 2.24 bits per heavy atom. The molecule has 0 radical (unpaired) electrons. The van der Waals surface area contributed by atoms with Crippen molar-refractivity contribution in [3.63, 3.8) is 0 Å². The Hall–Kier alpha value is -2.24. The van der Waals surface area contributed by atoms with Crippen molar-refractivity contribution in [1.29, 1.82) is 0 Å². The number of nitrogens with one attached hydrogen (secondary N) is 2. The molecule has 2 aromatic carbocycles. The van der Waals surface area contributed by atoms with Gasteiger partial charge in [0.1, 0.15) is 10.2 Å². The molecule has 14 heteroatoms. The van der Waals surface area contributed by atoms with Crippen molar-refractivity contribution in [2.45, 2.75) is 29.1 Å². The Morgan fingerprint density at radius 2 is 1.65 bits per heavy atom. The standard InChI is InChI=1S/C20H12Cl3F7N2O2/c21-12-3-2-10(5-9(12)7-31-17(34)20(28,29)30)32-16(33)15-14(18(15,22)23)8-1-4-13(24)11(6-8)19(25,26)27/h1-6,14-15H,7H2,(H,31,34)(H,32,33). The third-order valence-corrected chi connectivity index (χ3v) is 6.31. The molecule has 1 saturated carbocycles. The molecule has 2 amide bonds. The maximum Gasteiger partial charge on any atom is 0.471 e. The zero-order valence-corrected chi connectivity index (χ0v) is 18.7. The van der Waals surface area contributed by atoms with E-state index < -0.39 is 58.3 Å². The fraction of sp³-hybridized carbons (Fsp3) is 0.300. The number of carbonyl (C=O) groups excluding carboxylic acids is 2. The summed E-state index contributed by atoms with van der Waals surface area (Å²) < 4.78 is 87.9. The van der Waals surface area contributed by atoms with Crippen LogP contribution >= 0.6 is 34.8 Å². The van der Waals surface area contributed by atoms with Crippen molar-refractivity contribution in [3.05, 3.63) is 63.9 Å². The molecule has 34 heavy (non-hydrogen) atoms. The largest absolute Gasteiger partial charge is 0.471 e. The van der Waals surface area contributed by atoms with Gasteiger partial charge in [0.2, 0.25) is 5.91 Å². The molecular formula is C20H12Cl3F7N2O2. The predicted molar refractivity (Wildman–Crippen MR) is 110 cm³/mol. The minimum Gasteiger partial charge on any atom is -0.344 e. The first kappa shape index (κ1) is 26.4. The highest BCUT2D eigenvalue weighted by molar-refractivity contribution is 6.53. The van der Waals surface area contributed by atoms with Gasteiger partial charge in [0.05, 0.1) is 11.5 Å². The fourth-order valence-electron chi connectivity index (χ4n) is 3.30. The molecule has 2 atom stereocenters. The molecule has 2 N–H and O–H groups in total. The van der Waals surface area contributed by atoms with E-state index in [1.807, 2.05) is 0 Å². The van der Waals surface area contributed by atoms with Gasteiger partial charge in [-0.1, -0.05) is 17.7 Å². The summed E-state index contributed by atoms with van der Waals surface area (Å²) in [6, 6.07) is 5.90. The van der Waals surface area contributed by atoms with Crippen molar-refractivity contribution in [2.24, 2.45) is 5.92 Å². The Bertz CT molecular complexity index is 1140. The molecule has 2 unspecified atom stereocenters. The first-order valence-electron chi connectivity index (χ1n) is 9.22. The highest BCUT2D eigenvalue weighted by Gasteiger charge is 2.67. The summed E-state index contributed by atoms with van der Waals surface area (Å²) in [6.07, 6.45) is -10.1. The molecular weight excluding hydrogens is 540 g/mol. The Balaban J connectivity index is 1.76. The molecule has 1 fully saturated rings. The number of anilines is 1. The van der Waals surface area contributed by atoms with Crippen molar-refractivity contribution < 1.29 is 40.3 Å². The minimum atomic E-state index is -5.10. The van der Waals surface area contributed by atoms with Gasteiger partial charge < -0.3 is 10.6 Å². The van der Waals surface area contributed by atoms with Gasteiger partial charge >= 0.3 is 18.3 Å². The second-order valence-electron chi connectivity index (χ2n) is 7.34. The van der Waals surface area contributed by atoms with Crippen LogP contribution in [-0.2, 0) is 22.3 Å². The highest BCUT2D eigenvalue weighted by atomic mass is 35.5. The molecule has 1 aliphatic carbocycles. The topological polar surface area (TPSA) is 58.2 Å². The van der Waals surface area contributed by atoms with Gasteiger partial charge in [-0.3, -0.25) is 9.59 Å². The summed E-state index contributed by atoms with van der Waals surface area (Å²) in [7, 11) is 0. The molecule has 0 spiro atoms. The Labute approximate surface area is 202 Å². The van der Waals surface area contributed by atoms with E-state index in [0.717, 1.165) is 6.07 Å². The summed E-state index contributed by atoms with van der Waals surface area (Å²) in [5.41, 5.74) is -1.55. The molecule has 184 valence electrons. The van der Waals surface area contributed by atoms with Gasteiger partial charge in [0.25, 0.3) is 0 Å². The van der Waals surface area contributed by atoms with Gasteiger partial charge in [-0.2, -0.15) is 26.3 Å². The number of benzene rings is 2. The van der Waals surface area contributed by atoms with Crippen LogP contribution in [0.3, 0.4) is 0 Å². The van der Waals surface area contributed by atoms with E-state index in [1.54, 1.807) is 5.32 Å². The van der Waals surface area contributed by atoms with E-state index in [9.17, 15) is 40.3 Å². The average molecular weight is 552 g/mol. The summed E-state index contributed by atoms with van der Waals surface area (Å²) in [5, 5.41) is 4.04. The third kappa shape index (κ3) is 5.52. The predicted octanol–water partition coefficient (Wildman–Crippen LogP) is 6.20. The molecule has 0 aliphatic heterocycles. The van der Waals surface area contributed by atoms with Crippen molar-refractivity contribution in [1.82, 2.24) is 5.32 Å². The summed E-state index contributed by atoms with van der Waals surface area (Å²) >= 11 is 18.1.